The normalized spacial score (nSPS) is 11.7. The van der Waals surface area contributed by atoms with Gasteiger partial charge in [0.2, 0.25) is 0 Å². The van der Waals surface area contributed by atoms with Crippen LogP contribution in [0.15, 0.2) is 24.3 Å². The van der Waals surface area contributed by atoms with E-state index >= 15 is 0 Å². The molecule has 0 N–H and O–H groups in total. The van der Waals surface area contributed by atoms with Crippen molar-refractivity contribution >= 4 is 5.97 Å². The standard InChI is InChI=1S/C20H36O2/c1-2-3-4-5-6-7-8-9-10-11-12-13-14-15-16-17-18-19-20(21)22/h9-10,12-13H,2-8,11,14-19H2,1H3,(H,21,22)/p-1/b10-9-,13-12-. The summed E-state index contributed by atoms with van der Waals surface area (Å²) < 4.78 is 0. The van der Waals surface area contributed by atoms with Gasteiger partial charge in [-0.2, -0.15) is 0 Å². The minimum absolute atomic E-state index is 0.208. The second-order valence-electron chi connectivity index (χ2n) is 6.06. The summed E-state index contributed by atoms with van der Waals surface area (Å²) in [7, 11) is 0. The second kappa shape index (κ2) is 18.0. The zero-order valence-electron chi connectivity index (χ0n) is 14.5. The third-order valence-electron chi connectivity index (χ3n) is 3.83. The highest BCUT2D eigenvalue weighted by Crippen LogP contribution is 2.08. The fraction of sp³-hybridized carbons (Fsp3) is 0.750. The number of hydrogen-bond acceptors (Lipinski definition) is 2. The summed E-state index contributed by atoms with van der Waals surface area (Å²) in [4.78, 5) is 10.2. The third kappa shape index (κ3) is 18.9. The van der Waals surface area contributed by atoms with E-state index in [4.69, 9.17) is 0 Å². The number of carboxylic acid groups (broad SMARTS) is 1. The molecule has 0 aromatic carbocycles. The minimum Gasteiger partial charge on any atom is -0.550 e. The lowest BCUT2D eigenvalue weighted by Gasteiger charge is -2.00. The Bertz CT molecular complexity index is 292. The van der Waals surface area contributed by atoms with Crippen LogP contribution in [0.3, 0.4) is 0 Å². The van der Waals surface area contributed by atoms with Crippen LogP contribution in [0.2, 0.25) is 0 Å². The van der Waals surface area contributed by atoms with Crippen molar-refractivity contribution in [2.75, 3.05) is 0 Å². The van der Waals surface area contributed by atoms with Crippen molar-refractivity contribution in [3.05, 3.63) is 24.3 Å². The average Bonchev–Trinajstić information content (AvgIpc) is 2.50. The van der Waals surface area contributed by atoms with Gasteiger partial charge in [-0.25, -0.2) is 0 Å². The maximum atomic E-state index is 10.2. The van der Waals surface area contributed by atoms with E-state index in [1.165, 1.54) is 44.9 Å². The summed E-state index contributed by atoms with van der Waals surface area (Å²) >= 11 is 0. The molecule has 128 valence electrons. The summed E-state index contributed by atoms with van der Waals surface area (Å²) in [6.07, 6.45) is 24.9. The summed E-state index contributed by atoms with van der Waals surface area (Å²) in [6, 6.07) is 0. The zero-order chi connectivity index (χ0) is 16.3. The van der Waals surface area contributed by atoms with Crippen molar-refractivity contribution in [1.82, 2.24) is 0 Å². The molecular weight excluding hydrogens is 272 g/mol. The van der Waals surface area contributed by atoms with Crippen LogP contribution < -0.4 is 5.11 Å². The topological polar surface area (TPSA) is 40.1 Å². The van der Waals surface area contributed by atoms with E-state index < -0.39 is 5.97 Å². The number of carbonyl (C=O) groups excluding carboxylic acids is 1. The van der Waals surface area contributed by atoms with E-state index in [-0.39, 0.29) is 6.42 Å². The van der Waals surface area contributed by atoms with Crippen molar-refractivity contribution in [1.29, 1.82) is 0 Å². The Balaban J connectivity index is 3.19. The van der Waals surface area contributed by atoms with Crippen LogP contribution in [0.4, 0.5) is 0 Å². The molecule has 22 heavy (non-hydrogen) atoms. The van der Waals surface area contributed by atoms with Crippen LogP contribution in [0.1, 0.15) is 96.8 Å². The molecule has 0 aliphatic carbocycles. The Kier molecular flexibility index (Phi) is 17.1. The van der Waals surface area contributed by atoms with Crippen molar-refractivity contribution in [2.24, 2.45) is 0 Å². The molecule has 0 saturated heterocycles. The molecule has 0 spiro atoms. The molecule has 2 heteroatoms. The first kappa shape index (κ1) is 20.9. The van der Waals surface area contributed by atoms with Gasteiger partial charge in [-0.3, -0.25) is 0 Å². The number of carboxylic acids is 1. The van der Waals surface area contributed by atoms with Gasteiger partial charge in [0, 0.05) is 5.97 Å². The van der Waals surface area contributed by atoms with Crippen LogP contribution in [0, 0.1) is 0 Å². The van der Waals surface area contributed by atoms with Crippen LogP contribution >= 0.6 is 0 Å². The van der Waals surface area contributed by atoms with Crippen LogP contribution in [0.25, 0.3) is 0 Å². The van der Waals surface area contributed by atoms with Gasteiger partial charge in [0.05, 0.1) is 0 Å². The molecule has 0 aromatic heterocycles. The van der Waals surface area contributed by atoms with Gasteiger partial charge in [-0.15, -0.1) is 0 Å². The number of aliphatic carboxylic acids is 1. The zero-order valence-corrected chi connectivity index (χ0v) is 14.5. The summed E-state index contributed by atoms with van der Waals surface area (Å²) in [5, 5.41) is 10.2. The first-order valence-corrected chi connectivity index (χ1v) is 9.27. The predicted octanol–water partition coefficient (Wildman–Crippen LogP) is 5.33. The molecular formula is C20H35O2-. The Hall–Kier alpha value is -1.05. The molecule has 0 heterocycles. The number of hydrogen-bond donors (Lipinski definition) is 0. The molecule has 0 aromatic rings. The van der Waals surface area contributed by atoms with E-state index in [9.17, 15) is 9.90 Å². The minimum atomic E-state index is -0.923. The second-order valence-corrected chi connectivity index (χ2v) is 6.06. The Morgan fingerprint density at radius 2 is 1.23 bits per heavy atom. The number of carbonyl (C=O) groups is 1. The van der Waals surface area contributed by atoms with E-state index in [1.54, 1.807) is 0 Å². The predicted molar refractivity (Wildman–Crippen MR) is 93.6 cm³/mol. The molecule has 0 rings (SSSR count). The average molecular weight is 307 g/mol. The highest BCUT2D eigenvalue weighted by Gasteiger charge is 1.90. The van der Waals surface area contributed by atoms with Gasteiger partial charge in [0.1, 0.15) is 0 Å². The molecule has 0 aliphatic rings. The maximum absolute atomic E-state index is 10.2. The lowest BCUT2D eigenvalue weighted by Crippen LogP contribution is -2.21. The molecule has 0 fully saturated rings. The lowest BCUT2D eigenvalue weighted by atomic mass is 10.1. The quantitative estimate of drug-likeness (QED) is 0.285. The van der Waals surface area contributed by atoms with E-state index in [0.717, 1.165) is 38.5 Å². The van der Waals surface area contributed by atoms with Crippen molar-refractivity contribution in [3.8, 4) is 0 Å². The molecule has 0 saturated carbocycles. The highest BCUT2D eigenvalue weighted by molar-refractivity contribution is 5.63. The molecule has 2 nitrogen and oxygen atoms in total. The van der Waals surface area contributed by atoms with Gasteiger partial charge < -0.3 is 9.90 Å². The van der Waals surface area contributed by atoms with E-state index in [2.05, 4.69) is 31.2 Å². The van der Waals surface area contributed by atoms with Crippen molar-refractivity contribution in [2.45, 2.75) is 96.8 Å². The van der Waals surface area contributed by atoms with Gasteiger partial charge in [-0.1, -0.05) is 76.2 Å². The summed E-state index contributed by atoms with van der Waals surface area (Å²) in [6.45, 7) is 2.26. The van der Waals surface area contributed by atoms with Crippen LogP contribution in [-0.4, -0.2) is 5.97 Å². The Morgan fingerprint density at radius 1 is 0.727 bits per heavy atom. The van der Waals surface area contributed by atoms with Gasteiger partial charge in [0.15, 0.2) is 0 Å². The smallest absolute Gasteiger partial charge is 0.0414 e. The molecule has 0 bridgehead atoms. The number of rotatable bonds is 16. The van der Waals surface area contributed by atoms with E-state index in [0.29, 0.717) is 0 Å². The number of unbranched alkanes of at least 4 members (excludes halogenated alkanes) is 10. The fourth-order valence-corrected chi connectivity index (χ4v) is 2.43. The first-order valence-electron chi connectivity index (χ1n) is 9.27. The highest BCUT2D eigenvalue weighted by atomic mass is 16.4. The molecule has 0 unspecified atom stereocenters. The monoisotopic (exact) mass is 307 g/mol. The van der Waals surface area contributed by atoms with Gasteiger partial charge in [0.25, 0.3) is 0 Å². The fourth-order valence-electron chi connectivity index (χ4n) is 2.43. The van der Waals surface area contributed by atoms with Crippen molar-refractivity contribution in [3.63, 3.8) is 0 Å². The third-order valence-corrected chi connectivity index (χ3v) is 3.83. The summed E-state index contributed by atoms with van der Waals surface area (Å²) in [5.41, 5.74) is 0. The lowest BCUT2D eigenvalue weighted by molar-refractivity contribution is -0.305. The van der Waals surface area contributed by atoms with Gasteiger partial charge >= 0.3 is 0 Å². The Labute approximate surface area is 137 Å². The van der Waals surface area contributed by atoms with Crippen LogP contribution in [0.5, 0.6) is 0 Å². The first-order chi connectivity index (χ1) is 10.8. The van der Waals surface area contributed by atoms with E-state index in [1.807, 2.05) is 0 Å². The maximum Gasteiger partial charge on any atom is 0.0414 e. The molecule has 0 atom stereocenters. The Morgan fingerprint density at radius 3 is 1.77 bits per heavy atom. The molecule has 0 aliphatic heterocycles. The summed E-state index contributed by atoms with van der Waals surface area (Å²) in [5.74, 6) is -0.923. The number of allylic oxidation sites excluding steroid dienone is 4. The van der Waals surface area contributed by atoms with Crippen molar-refractivity contribution < 1.29 is 9.90 Å². The van der Waals surface area contributed by atoms with Gasteiger partial charge in [-0.05, 0) is 44.9 Å². The molecule has 0 amide bonds. The largest absolute Gasteiger partial charge is 0.550 e. The SMILES string of the molecule is CCCCCCCC/C=C\C/C=C\CCCCCCC(=O)[O-]. The molecule has 0 radical (unpaired) electrons. The van der Waals surface area contributed by atoms with Crippen LogP contribution in [-0.2, 0) is 4.79 Å².